The zero-order valence-corrected chi connectivity index (χ0v) is 11.4. The summed E-state index contributed by atoms with van der Waals surface area (Å²) in [4.78, 5) is 11.6. The van der Waals surface area contributed by atoms with Gasteiger partial charge < -0.3 is 15.2 Å². The van der Waals surface area contributed by atoms with Gasteiger partial charge in [0.05, 0.1) is 19.3 Å². The number of rotatable bonds is 7. The van der Waals surface area contributed by atoms with Crippen molar-refractivity contribution in [2.45, 2.75) is 26.3 Å². The molecule has 0 bridgehead atoms. The van der Waals surface area contributed by atoms with Crippen LogP contribution in [0.25, 0.3) is 6.08 Å². The van der Waals surface area contributed by atoms with Gasteiger partial charge in [-0.15, -0.1) is 0 Å². The predicted octanol–water partition coefficient (Wildman–Crippen LogP) is 1.99. The maximum absolute atomic E-state index is 11.6. The third-order valence-electron chi connectivity index (χ3n) is 2.68. The van der Waals surface area contributed by atoms with Gasteiger partial charge in [0.15, 0.2) is 0 Å². The zero-order valence-electron chi connectivity index (χ0n) is 11.4. The summed E-state index contributed by atoms with van der Waals surface area (Å²) in [5.41, 5.74) is 0.927. The van der Waals surface area contributed by atoms with Crippen molar-refractivity contribution < 1.29 is 14.6 Å². The first kappa shape index (κ1) is 15.2. The Kier molecular flexibility index (Phi) is 6.68. The zero-order chi connectivity index (χ0) is 14.1. The normalized spacial score (nSPS) is 12.4. The molecule has 0 saturated heterocycles. The summed E-state index contributed by atoms with van der Waals surface area (Å²) in [6, 6.07) is 7.32. The molecule has 1 atom stereocenters. The summed E-state index contributed by atoms with van der Waals surface area (Å²) < 4.78 is 5.34. The monoisotopic (exact) mass is 263 g/mol. The summed E-state index contributed by atoms with van der Waals surface area (Å²) in [5.74, 6) is 0.616. The van der Waals surface area contributed by atoms with Crippen LogP contribution >= 0.6 is 0 Å². The van der Waals surface area contributed by atoms with Crippen LogP contribution < -0.4 is 10.1 Å². The van der Waals surface area contributed by atoms with Crippen LogP contribution in [-0.4, -0.2) is 30.3 Å². The lowest BCUT2D eigenvalue weighted by Crippen LogP contribution is -2.35. The van der Waals surface area contributed by atoms with Crippen LogP contribution in [0, 0.1) is 0 Å². The standard InChI is InChI=1S/C15H21NO3/c1-3-13(11-17)16-15(18)10-7-12-5-8-14(9-6-12)19-4-2/h5-10,13,17H,3-4,11H2,1-2H3,(H,16,18)/b10-7+. The third-order valence-corrected chi connectivity index (χ3v) is 2.68. The summed E-state index contributed by atoms with van der Waals surface area (Å²) in [7, 11) is 0. The molecule has 0 fully saturated rings. The molecule has 0 radical (unpaired) electrons. The molecule has 1 rings (SSSR count). The molecule has 4 heteroatoms. The number of benzene rings is 1. The van der Waals surface area contributed by atoms with Crippen LogP contribution in [-0.2, 0) is 4.79 Å². The fourth-order valence-corrected chi connectivity index (χ4v) is 1.54. The quantitative estimate of drug-likeness (QED) is 0.740. The molecule has 104 valence electrons. The topological polar surface area (TPSA) is 58.6 Å². The Labute approximate surface area is 114 Å². The van der Waals surface area contributed by atoms with Crippen molar-refractivity contribution >= 4 is 12.0 Å². The van der Waals surface area contributed by atoms with E-state index in [0.29, 0.717) is 13.0 Å². The van der Waals surface area contributed by atoms with Gasteiger partial charge in [-0.25, -0.2) is 0 Å². The molecule has 0 aromatic heterocycles. The molecular formula is C15H21NO3. The molecule has 0 heterocycles. The fraction of sp³-hybridized carbons (Fsp3) is 0.400. The minimum absolute atomic E-state index is 0.0425. The van der Waals surface area contributed by atoms with Gasteiger partial charge >= 0.3 is 0 Å². The van der Waals surface area contributed by atoms with Crippen LogP contribution in [0.3, 0.4) is 0 Å². The lowest BCUT2D eigenvalue weighted by Gasteiger charge is -2.11. The van der Waals surface area contributed by atoms with Crippen molar-refractivity contribution in [3.8, 4) is 5.75 Å². The molecule has 19 heavy (non-hydrogen) atoms. The highest BCUT2D eigenvalue weighted by Crippen LogP contribution is 2.12. The van der Waals surface area contributed by atoms with E-state index >= 15 is 0 Å². The average Bonchev–Trinajstić information content (AvgIpc) is 2.44. The van der Waals surface area contributed by atoms with E-state index in [1.807, 2.05) is 38.1 Å². The Morgan fingerprint density at radius 2 is 2.05 bits per heavy atom. The predicted molar refractivity (Wildman–Crippen MR) is 76.0 cm³/mol. The number of aliphatic hydroxyl groups excluding tert-OH is 1. The van der Waals surface area contributed by atoms with Crippen molar-refractivity contribution in [1.29, 1.82) is 0 Å². The smallest absolute Gasteiger partial charge is 0.244 e. The Bertz CT molecular complexity index is 408. The second-order valence-corrected chi connectivity index (χ2v) is 4.13. The van der Waals surface area contributed by atoms with Crippen LogP contribution in [0.1, 0.15) is 25.8 Å². The maximum Gasteiger partial charge on any atom is 0.244 e. The van der Waals surface area contributed by atoms with Gasteiger partial charge in [0.2, 0.25) is 5.91 Å². The first-order valence-electron chi connectivity index (χ1n) is 6.51. The number of carbonyl (C=O) groups excluding carboxylic acids is 1. The summed E-state index contributed by atoms with van der Waals surface area (Å²) in [5, 5.41) is 11.7. The minimum atomic E-state index is -0.199. The molecule has 1 aromatic rings. The second-order valence-electron chi connectivity index (χ2n) is 4.13. The Hall–Kier alpha value is -1.81. The fourth-order valence-electron chi connectivity index (χ4n) is 1.54. The number of carbonyl (C=O) groups is 1. The molecule has 0 aliphatic carbocycles. The third kappa shape index (κ3) is 5.57. The number of hydrogen-bond acceptors (Lipinski definition) is 3. The highest BCUT2D eigenvalue weighted by molar-refractivity contribution is 5.91. The van der Waals surface area contributed by atoms with Crippen LogP contribution in [0.15, 0.2) is 30.3 Å². The minimum Gasteiger partial charge on any atom is -0.494 e. The summed E-state index contributed by atoms with van der Waals surface area (Å²) >= 11 is 0. The first-order chi connectivity index (χ1) is 9.19. The van der Waals surface area contributed by atoms with Gasteiger partial charge in [0.25, 0.3) is 0 Å². The maximum atomic E-state index is 11.6. The molecule has 1 unspecified atom stereocenters. The van der Waals surface area contributed by atoms with E-state index in [1.165, 1.54) is 6.08 Å². The van der Waals surface area contributed by atoms with E-state index in [1.54, 1.807) is 6.08 Å². The second kappa shape index (κ2) is 8.32. The lowest BCUT2D eigenvalue weighted by molar-refractivity contribution is -0.117. The molecule has 1 aromatic carbocycles. The highest BCUT2D eigenvalue weighted by Gasteiger charge is 2.05. The lowest BCUT2D eigenvalue weighted by atomic mass is 10.2. The first-order valence-corrected chi connectivity index (χ1v) is 6.51. The number of ether oxygens (including phenoxy) is 1. The van der Waals surface area contributed by atoms with Crippen LogP contribution in [0.4, 0.5) is 0 Å². The molecule has 1 amide bonds. The number of hydrogen-bond donors (Lipinski definition) is 2. The molecule has 0 aliphatic heterocycles. The largest absolute Gasteiger partial charge is 0.494 e. The SMILES string of the molecule is CCOc1ccc(/C=C/C(=O)NC(CC)CO)cc1. The number of nitrogens with one attached hydrogen (secondary N) is 1. The van der Waals surface area contributed by atoms with Crippen molar-refractivity contribution in [2.75, 3.05) is 13.2 Å². The molecular weight excluding hydrogens is 242 g/mol. The van der Waals surface area contributed by atoms with E-state index in [2.05, 4.69) is 5.32 Å². The summed E-state index contributed by atoms with van der Waals surface area (Å²) in [6.07, 6.45) is 3.91. The van der Waals surface area contributed by atoms with Crippen molar-refractivity contribution in [3.63, 3.8) is 0 Å². The molecule has 0 saturated carbocycles. The van der Waals surface area contributed by atoms with Gasteiger partial charge in [-0.1, -0.05) is 19.1 Å². The van der Waals surface area contributed by atoms with E-state index in [0.717, 1.165) is 11.3 Å². The van der Waals surface area contributed by atoms with Gasteiger partial charge in [0, 0.05) is 6.08 Å². The van der Waals surface area contributed by atoms with Gasteiger partial charge in [-0.2, -0.15) is 0 Å². The van der Waals surface area contributed by atoms with Crippen molar-refractivity contribution in [3.05, 3.63) is 35.9 Å². The molecule has 2 N–H and O–H groups in total. The molecule has 4 nitrogen and oxygen atoms in total. The number of aliphatic hydroxyl groups is 1. The Morgan fingerprint density at radius 3 is 2.58 bits per heavy atom. The van der Waals surface area contributed by atoms with E-state index in [-0.39, 0.29) is 18.6 Å². The van der Waals surface area contributed by atoms with E-state index < -0.39 is 0 Å². The Balaban J connectivity index is 2.53. The van der Waals surface area contributed by atoms with E-state index in [4.69, 9.17) is 9.84 Å². The average molecular weight is 263 g/mol. The van der Waals surface area contributed by atoms with E-state index in [9.17, 15) is 4.79 Å². The van der Waals surface area contributed by atoms with Crippen molar-refractivity contribution in [2.24, 2.45) is 0 Å². The highest BCUT2D eigenvalue weighted by atomic mass is 16.5. The molecule has 0 spiro atoms. The van der Waals surface area contributed by atoms with Crippen molar-refractivity contribution in [1.82, 2.24) is 5.32 Å². The van der Waals surface area contributed by atoms with Gasteiger partial charge in [0.1, 0.15) is 5.75 Å². The number of amides is 1. The summed E-state index contributed by atoms with van der Waals surface area (Å²) in [6.45, 7) is 4.44. The Morgan fingerprint density at radius 1 is 1.37 bits per heavy atom. The van der Waals surface area contributed by atoms with Gasteiger partial charge in [-0.3, -0.25) is 4.79 Å². The molecule has 0 aliphatic rings. The van der Waals surface area contributed by atoms with Crippen LogP contribution in [0.5, 0.6) is 5.75 Å². The van der Waals surface area contributed by atoms with Crippen LogP contribution in [0.2, 0.25) is 0 Å². The van der Waals surface area contributed by atoms with Gasteiger partial charge in [-0.05, 0) is 37.1 Å².